The van der Waals surface area contributed by atoms with Crippen molar-refractivity contribution in [1.82, 2.24) is 14.9 Å². The van der Waals surface area contributed by atoms with E-state index >= 15 is 0 Å². The van der Waals surface area contributed by atoms with Gasteiger partial charge in [0, 0.05) is 18.8 Å². The van der Waals surface area contributed by atoms with Gasteiger partial charge in [-0.05, 0) is 19.9 Å². The van der Waals surface area contributed by atoms with Crippen molar-refractivity contribution < 1.29 is 9.53 Å². The molecule has 1 aromatic heterocycles. The predicted molar refractivity (Wildman–Crippen MR) is 72.0 cm³/mol. The number of ether oxygens (including phenoxy) is 1. The lowest BCUT2D eigenvalue weighted by Crippen LogP contribution is -2.47. The number of hydrogen-bond acceptors (Lipinski definition) is 6. The van der Waals surface area contributed by atoms with Gasteiger partial charge in [0.15, 0.2) is 0 Å². The summed E-state index contributed by atoms with van der Waals surface area (Å²) >= 11 is 0. The van der Waals surface area contributed by atoms with Crippen molar-refractivity contribution in [2.24, 2.45) is 0 Å². The van der Waals surface area contributed by atoms with Crippen LogP contribution < -0.4 is 5.32 Å². The first kappa shape index (κ1) is 14.2. The van der Waals surface area contributed by atoms with Gasteiger partial charge in [-0.15, -0.1) is 0 Å². The summed E-state index contributed by atoms with van der Waals surface area (Å²) < 4.78 is 5.22. The Labute approximate surface area is 117 Å². The number of carbonyl (C=O) groups is 1. The number of carbonyl (C=O) groups excluding carboxylic acids is 1. The highest BCUT2D eigenvalue weighted by atomic mass is 16.5. The monoisotopic (exact) mass is 275 g/mol. The van der Waals surface area contributed by atoms with Gasteiger partial charge in [0.05, 0.1) is 13.2 Å². The van der Waals surface area contributed by atoms with E-state index in [4.69, 9.17) is 10.00 Å². The Morgan fingerprint density at radius 3 is 2.85 bits per heavy atom. The molecule has 106 valence electrons. The standard InChI is InChI=1S/C13H17N5O2/c1-9-7-11(8-14)17-13(15-9)16-10(2)12(19)18-3-5-20-6-4-18/h7,10H,3-6H2,1-2H3,(H,15,16,17). The highest BCUT2D eigenvalue weighted by Gasteiger charge is 2.23. The van der Waals surface area contributed by atoms with Crippen LogP contribution in [-0.4, -0.2) is 53.1 Å². The minimum atomic E-state index is -0.443. The number of morpholine rings is 1. The Balaban J connectivity index is 2.03. The van der Waals surface area contributed by atoms with Gasteiger partial charge in [0.2, 0.25) is 11.9 Å². The Bertz CT molecular complexity index is 534. The molecular weight excluding hydrogens is 258 g/mol. The van der Waals surface area contributed by atoms with Crippen LogP contribution in [0.4, 0.5) is 5.95 Å². The lowest BCUT2D eigenvalue weighted by atomic mass is 10.2. The molecular formula is C13H17N5O2. The van der Waals surface area contributed by atoms with Crippen molar-refractivity contribution in [3.8, 4) is 6.07 Å². The quantitative estimate of drug-likeness (QED) is 0.854. The summed E-state index contributed by atoms with van der Waals surface area (Å²) in [4.78, 5) is 22.2. The third kappa shape index (κ3) is 3.42. The first-order chi connectivity index (χ1) is 9.60. The van der Waals surface area contributed by atoms with Gasteiger partial charge in [0.1, 0.15) is 17.8 Å². The smallest absolute Gasteiger partial charge is 0.245 e. The van der Waals surface area contributed by atoms with Crippen LogP contribution in [-0.2, 0) is 9.53 Å². The second-order valence-electron chi connectivity index (χ2n) is 4.63. The molecule has 1 aliphatic heterocycles. The molecule has 7 heteroatoms. The number of hydrogen-bond donors (Lipinski definition) is 1. The molecule has 0 aromatic carbocycles. The normalized spacial score (nSPS) is 16.4. The van der Waals surface area contributed by atoms with Gasteiger partial charge in [0.25, 0.3) is 0 Å². The maximum absolute atomic E-state index is 12.2. The SMILES string of the molecule is Cc1cc(C#N)nc(NC(C)C(=O)N2CCOCC2)n1. The van der Waals surface area contributed by atoms with Crippen molar-refractivity contribution in [2.75, 3.05) is 31.6 Å². The van der Waals surface area contributed by atoms with E-state index < -0.39 is 6.04 Å². The van der Waals surface area contributed by atoms with Crippen LogP contribution in [0.15, 0.2) is 6.07 Å². The van der Waals surface area contributed by atoms with Crippen molar-refractivity contribution >= 4 is 11.9 Å². The summed E-state index contributed by atoms with van der Waals surface area (Å²) in [5, 5.41) is 11.8. The Hall–Kier alpha value is -2.20. The van der Waals surface area contributed by atoms with Crippen LogP contribution >= 0.6 is 0 Å². The number of anilines is 1. The van der Waals surface area contributed by atoms with Crippen molar-refractivity contribution in [2.45, 2.75) is 19.9 Å². The first-order valence-corrected chi connectivity index (χ1v) is 6.49. The summed E-state index contributed by atoms with van der Waals surface area (Å²) in [5.74, 6) is 0.285. The van der Waals surface area contributed by atoms with Crippen LogP contribution in [0.3, 0.4) is 0 Å². The zero-order chi connectivity index (χ0) is 14.5. The molecule has 1 amide bonds. The van der Waals surface area contributed by atoms with E-state index in [-0.39, 0.29) is 11.6 Å². The van der Waals surface area contributed by atoms with Crippen LogP contribution in [0.1, 0.15) is 18.3 Å². The van der Waals surface area contributed by atoms with Gasteiger partial charge >= 0.3 is 0 Å². The van der Waals surface area contributed by atoms with E-state index in [0.29, 0.717) is 37.9 Å². The van der Waals surface area contributed by atoms with Crippen LogP contribution in [0, 0.1) is 18.3 Å². The van der Waals surface area contributed by atoms with Gasteiger partial charge in [-0.1, -0.05) is 0 Å². The van der Waals surface area contributed by atoms with Crippen LogP contribution in [0.25, 0.3) is 0 Å². The molecule has 0 spiro atoms. The Morgan fingerprint density at radius 1 is 1.50 bits per heavy atom. The topological polar surface area (TPSA) is 91.1 Å². The maximum atomic E-state index is 12.2. The number of nitriles is 1. The minimum Gasteiger partial charge on any atom is -0.378 e. The number of nitrogens with zero attached hydrogens (tertiary/aromatic N) is 4. The summed E-state index contributed by atoms with van der Waals surface area (Å²) in [6.45, 7) is 5.87. The predicted octanol–water partition coefficient (Wildman–Crippen LogP) is 0.316. The molecule has 1 N–H and O–H groups in total. The van der Waals surface area contributed by atoms with E-state index in [0.717, 1.165) is 0 Å². The second-order valence-corrected chi connectivity index (χ2v) is 4.63. The maximum Gasteiger partial charge on any atom is 0.245 e. The molecule has 1 atom stereocenters. The molecule has 0 radical (unpaired) electrons. The Kier molecular flexibility index (Phi) is 4.48. The average molecular weight is 275 g/mol. The average Bonchev–Trinajstić information content (AvgIpc) is 2.46. The lowest BCUT2D eigenvalue weighted by Gasteiger charge is -2.29. The van der Waals surface area contributed by atoms with Crippen molar-refractivity contribution in [3.63, 3.8) is 0 Å². The molecule has 2 heterocycles. The fraction of sp³-hybridized carbons (Fsp3) is 0.538. The third-order valence-electron chi connectivity index (χ3n) is 3.01. The van der Waals surface area contributed by atoms with Gasteiger partial charge in [-0.3, -0.25) is 4.79 Å². The largest absolute Gasteiger partial charge is 0.378 e. The van der Waals surface area contributed by atoms with Gasteiger partial charge < -0.3 is 15.0 Å². The molecule has 1 unspecified atom stereocenters. The third-order valence-corrected chi connectivity index (χ3v) is 3.01. The number of rotatable bonds is 3. The molecule has 0 aliphatic carbocycles. The molecule has 7 nitrogen and oxygen atoms in total. The van der Waals surface area contributed by atoms with E-state index in [2.05, 4.69) is 15.3 Å². The van der Waals surface area contributed by atoms with Crippen LogP contribution in [0.2, 0.25) is 0 Å². The van der Waals surface area contributed by atoms with Crippen molar-refractivity contribution in [3.05, 3.63) is 17.5 Å². The summed E-state index contributed by atoms with van der Waals surface area (Å²) in [7, 11) is 0. The fourth-order valence-corrected chi connectivity index (χ4v) is 2.00. The van der Waals surface area contributed by atoms with E-state index in [1.165, 1.54) is 0 Å². The summed E-state index contributed by atoms with van der Waals surface area (Å²) in [6, 6.07) is 3.12. The number of aryl methyl sites for hydroxylation is 1. The number of amides is 1. The van der Waals surface area contributed by atoms with Crippen molar-refractivity contribution in [1.29, 1.82) is 5.26 Å². The minimum absolute atomic E-state index is 0.0167. The summed E-state index contributed by atoms with van der Waals surface area (Å²) in [5.41, 5.74) is 0.969. The Morgan fingerprint density at radius 2 is 2.20 bits per heavy atom. The fourth-order valence-electron chi connectivity index (χ4n) is 2.00. The molecule has 1 aromatic rings. The highest BCUT2D eigenvalue weighted by Crippen LogP contribution is 2.08. The number of nitrogens with one attached hydrogen (secondary N) is 1. The van der Waals surface area contributed by atoms with Gasteiger partial charge in [-0.25, -0.2) is 9.97 Å². The zero-order valence-corrected chi connectivity index (χ0v) is 11.6. The van der Waals surface area contributed by atoms with Crippen LogP contribution in [0.5, 0.6) is 0 Å². The van der Waals surface area contributed by atoms with E-state index in [1.807, 2.05) is 6.07 Å². The van der Waals surface area contributed by atoms with E-state index in [9.17, 15) is 4.79 Å². The highest BCUT2D eigenvalue weighted by molar-refractivity contribution is 5.83. The lowest BCUT2D eigenvalue weighted by molar-refractivity contribution is -0.135. The summed E-state index contributed by atoms with van der Waals surface area (Å²) in [6.07, 6.45) is 0. The second kappa shape index (κ2) is 6.30. The molecule has 20 heavy (non-hydrogen) atoms. The molecule has 1 saturated heterocycles. The molecule has 0 bridgehead atoms. The molecule has 1 fully saturated rings. The zero-order valence-electron chi connectivity index (χ0n) is 11.6. The van der Waals surface area contributed by atoms with E-state index in [1.54, 1.807) is 24.8 Å². The van der Waals surface area contributed by atoms with Gasteiger partial charge in [-0.2, -0.15) is 5.26 Å². The number of aromatic nitrogens is 2. The first-order valence-electron chi connectivity index (χ1n) is 6.49. The molecule has 0 saturated carbocycles. The molecule has 2 rings (SSSR count). The molecule has 1 aliphatic rings.